The third-order valence-electron chi connectivity index (χ3n) is 2.38. The number of nitrogens with one attached hydrogen (secondary N) is 1. The van der Waals surface area contributed by atoms with Gasteiger partial charge in [-0.15, -0.1) is 0 Å². The average molecular weight is 307 g/mol. The van der Waals surface area contributed by atoms with Crippen molar-refractivity contribution in [2.45, 2.75) is 0 Å². The minimum Gasteiger partial charge on any atom is -0.508 e. The first-order chi connectivity index (χ1) is 8.56. The summed E-state index contributed by atoms with van der Waals surface area (Å²) in [4.78, 5) is 12.0. The lowest BCUT2D eigenvalue weighted by atomic mass is 10.1. The number of amides is 1. The summed E-state index contributed by atoms with van der Waals surface area (Å²) in [5, 5.41) is 12.0. The predicted molar refractivity (Wildman–Crippen MR) is 74.6 cm³/mol. The number of hydrogen-bond acceptors (Lipinski definition) is 3. The highest BCUT2D eigenvalue weighted by Gasteiger charge is 2.10. The Kier molecular flexibility index (Phi) is 3.53. The maximum atomic E-state index is 12.0. The number of benzene rings is 2. The van der Waals surface area contributed by atoms with Gasteiger partial charge in [-0.3, -0.25) is 4.79 Å². The average Bonchev–Trinajstić information content (AvgIpc) is 2.35. The SMILES string of the molecule is Nc1ccc(O)cc1C(=O)Nc1ccc(Br)cc1. The number of aromatic hydroxyl groups is 1. The Bertz CT molecular complexity index is 582. The number of phenolic OH excluding ortho intramolecular Hbond substituents is 1. The second-order valence-corrected chi connectivity index (χ2v) is 4.65. The minimum absolute atomic E-state index is 0.00477. The van der Waals surface area contributed by atoms with Gasteiger partial charge < -0.3 is 16.2 Å². The first kappa shape index (κ1) is 12.4. The van der Waals surface area contributed by atoms with Crippen molar-refractivity contribution < 1.29 is 9.90 Å². The van der Waals surface area contributed by atoms with Crippen molar-refractivity contribution in [2.75, 3.05) is 11.1 Å². The van der Waals surface area contributed by atoms with Crippen molar-refractivity contribution >= 4 is 33.2 Å². The Morgan fingerprint density at radius 3 is 2.50 bits per heavy atom. The van der Waals surface area contributed by atoms with E-state index in [2.05, 4.69) is 21.2 Å². The number of rotatable bonds is 2. The van der Waals surface area contributed by atoms with Gasteiger partial charge in [0.05, 0.1) is 5.56 Å². The molecule has 0 unspecified atom stereocenters. The van der Waals surface area contributed by atoms with Gasteiger partial charge in [-0.05, 0) is 42.5 Å². The lowest BCUT2D eigenvalue weighted by Gasteiger charge is -2.08. The molecule has 0 aliphatic carbocycles. The molecule has 0 aromatic heterocycles. The van der Waals surface area contributed by atoms with Gasteiger partial charge in [-0.2, -0.15) is 0 Å². The molecule has 0 saturated heterocycles. The third-order valence-corrected chi connectivity index (χ3v) is 2.91. The molecule has 0 atom stereocenters. The maximum absolute atomic E-state index is 12.0. The van der Waals surface area contributed by atoms with Gasteiger partial charge in [0.25, 0.3) is 5.91 Å². The molecule has 92 valence electrons. The molecule has 0 heterocycles. The summed E-state index contributed by atoms with van der Waals surface area (Å²) >= 11 is 3.31. The lowest BCUT2D eigenvalue weighted by molar-refractivity contribution is 0.102. The molecule has 2 aromatic carbocycles. The van der Waals surface area contributed by atoms with Gasteiger partial charge in [0.15, 0.2) is 0 Å². The highest BCUT2D eigenvalue weighted by Crippen LogP contribution is 2.20. The number of phenols is 1. The number of halogens is 1. The zero-order chi connectivity index (χ0) is 13.1. The molecule has 5 heteroatoms. The van der Waals surface area contributed by atoms with Gasteiger partial charge in [-0.25, -0.2) is 0 Å². The van der Waals surface area contributed by atoms with E-state index in [-0.39, 0.29) is 17.2 Å². The zero-order valence-corrected chi connectivity index (χ0v) is 10.9. The van der Waals surface area contributed by atoms with E-state index in [1.54, 1.807) is 12.1 Å². The second kappa shape index (κ2) is 5.10. The summed E-state index contributed by atoms with van der Waals surface area (Å²) in [6.07, 6.45) is 0. The molecular weight excluding hydrogens is 296 g/mol. The second-order valence-electron chi connectivity index (χ2n) is 3.73. The van der Waals surface area contributed by atoms with E-state index < -0.39 is 0 Å². The highest BCUT2D eigenvalue weighted by atomic mass is 79.9. The maximum Gasteiger partial charge on any atom is 0.257 e. The Morgan fingerprint density at radius 1 is 1.17 bits per heavy atom. The zero-order valence-electron chi connectivity index (χ0n) is 9.35. The van der Waals surface area contributed by atoms with Gasteiger partial charge in [-0.1, -0.05) is 15.9 Å². The molecule has 0 saturated carbocycles. The largest absolute Gasteiger partial charge is 0.508 e. The van der Waals surface area contributed by atoms with Crippen molar-refractivity contribution in [1.82, 2.24) is 0 Å². The summed E-state index contributed by atoms with van der Waals surface area (Å²) in [5.41, 5.74) is 6.92. The fourth-order valence-corrected chi connectivity index (χ4v) is 1.74. The van der Waals surface area contributed by atoms with Crippen LogP contribution in [0.1, 0.15) is 10.4 Å². The molecule has 0 aliphatic rings. The topological polar surface area (TPSA) is 75.3 Å². The molecule has 4 nitrogen and oxygen atoms in total. The van der Waals surface area contributed by atoms with Gasteiger partial charge in [0.1, 0.15) is 5.75 Å². The van der Waals surface area contributed by atoms with E-state index in [9.17, 15) is 9.90 Å². The summed E-state index contributed by atoms with van der Waals surface area (Å²) in [6.45, 7) is 0. The van der Waals surface area contributed by atoms with Crippen LogP contribution in [-0.4, -0.2) is 11.0 Å². The van der Waals surface area contributed by atoms with Crippen LogP contribution in [0.15, 0.2) is 46.9 Å². The molecule has 2 aromatic rings. The van der Waals surface area contributed by atoms with E-state index in [4.69, 9.17) is 5.73 Å². The molecule has 18 heavy (non-hydrogen) atoms. The van der Waals surface area contributed by atoms with Crippen LogP contribution in [0, 0.1) is 0 Å². The van der Waals surface area contributed by atoms with Gasteiger partial charge in [0, 0.05) is 15.8 Å². The number of carbonyl (C=O) groups excluding carboxylic acids is 1. The van der Waals surface area contributed by atoms with Crippen LogP contribution >= 0.6 is 15.9 Å². The smallest absolute Gasteiger partial charge is 0.257 e. The monoisotopic (exact) mass is 306 g/mol. The normalized spacial score (nSPS) is 10.1. The van der Waals surface area contributed by atoms with Crippen molar-refractivity contribution in [3.05, 3.63) is 52.5 Å². The molecule has 0 bridgehead atoms. The molecule has 2 rings (SSSR count). The first-order valence-corrected chi connectivity index (χ1v) is 6.01. The number of anilines is 2. The Hall–Kier alpha value is -2.01. The highest BCUT2D eigenvalue weighted by molar-refractivity contribution is 9.10. The van der Waals surface area contributed by atoms with E-state index in [1.165, 1.54) is 18.2 Å². The quantitative estimate of drug-likeness (QED) is 0.590. The van der Waals surface area contributed by atoms with Crippen LogP contribution in [0.3, 0.4) is 0 Å². The number of hydrogen-bond donors (Lipinski definition) is 3. The van der Waals surface area contributed by atoms with Crippen LogP contribution in [-0.2, 0) is 0 Å². The number of nitrogen functional groups attached to an aromatic ring is 1. The Morgan fingerprint density at radius 2 is 1.83 bits per heavy atom. The first-order valence-electron chi connectivity index (χ1n) is 5.21. The van der Waals surface area contributed by atoms with Crippen molar-refractivity contribution in [2.24, 2.45) is 0 Å². The number of nitrogens with two attached hydrogens (primary N) is 1. The summed E-state index contributed by atoms with van der Waals surface area (Å²) in [5.74, 6) is -0.351. The molecule has 0 fully saturated rings. The molecule has 1 amide bonds. The summed E-state index contributed by atoms with van der Waals surface area (Å²) < 4.78 is 0.928. The van der Waals surface area contributed by atoms with E-state index in [0.717, 1.165) is 4.47 Å². The van der Waals surface area contributed by atoms with E-state index in [0.29, 0.717) is 11.4 Å². The van der Waals surface area contributed by atoms with Crippen LogP contribution in [0.2, 0.25) is 0 Å². The number of carbonyl (C=O) groups is 1. The van der Waals surface area contributed by atoms with Crippen LogP contribution in [0.5, 0.6) is 5.75 Å². The Balaban J connectivity index is 2.21. The van der Waals surface area contributed by atoms with E-state index in [1.807, 2.05) is 12.1 Å². The van der Waals surface area contributed by atoms with E-state index >= 15 is 0 Å². The van der Waals surface area contributed by atoms with Gasteiger partial charge in [0.2, 0.25) is 0 Å². The fourth-order valence-electron chi connectivity index (χ4n) is 1.47. The summed E-state index contributed by atoms with van der Waals surface area (Å²) in [7, 11) is 0. The standard InChI is InChI=1S/C13H11BrN2O2/c14-8-1-3-9(4-2-8)16-13(18)11-7-10(17)5-6-12(11)15/h1-7,17H,15H2,(H,16,18). The van der Waals surface area contributed by atoms with Crippen molar-refractivity contribution in [1.29, 1.82) is 0 Å². The Labute approximate surface area is 113 Å². The molecule has 0 spiro atoms. The van der Waals surface area contributed by atoms with Crippen LogP contribution < -0.4 is 11.1 Å². The van der Waals surface area contributed by atoms with Crippen LogP contribution in [0.4, 0.5) is 11.4 Å². The summed E-state index contributed by atoms with van der Waals surface area (Å²) in [6, 6.07) is 11.4. The van der Waals surface area contributed by atoms with Crippen LogP contribution in [0.25, 0.3) is 0 Å². The predicted octanol–water partition coefficient (Wildman–Crippen LogP) is 2.99. The molecular formula is C13H11BrN2O2. The van der Waals surface area contributed by atoms with Gasteiger partial charge >= 0.3 is 0 Å². The molecule has 0 radical (unpaired) electrons. The molecule has 0 aliphatic heterocycles. The van der Waals surface area contributed by atoms with Crippen molar-refractivity contribution in [3.8, 4) is 5.75 Å². The molecule has 4 N–H and O–H groups in total. The van der Waals surface area contributed by atoms with Crippen molar-refractivity contribution in [3.63, 3.8) is 0 Å². The lowest BCUT2D eigenvalue weighted by Crippen LogP contribution is -2.13. The third kappa shape index (κ3) is 2.81. The fraction of sp³-hybridized carbons (Fsp3) is 0. The minimum atomic E-state index is -0.356.